The molecule has 1 aromatic rings. The molecular weight excluding hydrogens is 312 g/mol. The third kappa shape index (κ3) is 3.78. The summed E-state index contributed by atoms with van der Waals surface area (Å²) in [6.45, 7) is 2.90. The molecule has 0 unspecified atom stereocenters. The van der Waals surface area contributed by atoms with Crippen molar-refractivity contribution >= 4 is 11.7 Å². The molecule has 0 aromatic heterocycles. The minimum absolute atomic E-state index is 0.0582. The maximum atomic E-state index is 12.4. The Bertz CT molecular complexity index is 570. The van der Waals surface area contributed by atoms with E-state index in [1.165, 1.54) is 32.1 Å². The van der Waals surface area contributed by atoms with E-state index in [-0.39, 0.29) is 6.03 Å². The highest BCUT2D eigenvalue weighted by Crippen LogP contribution is 2.53. The van der Waals surface area contributed by atoms with Gasteiger partial charge in [0.2, 0.25) is 0 Å². The Balaban J connectivity index is 1.29. The van der Waals surface area contributed by atoms with E-state index in [1.807, 2.05) is 24.3 Å². The van der Waals surface area contributed by atoms with Gasteiger partial charge < -0.3 is 15.4 Å². The van der Waals surface area contributed by atoms with Gasteiger partial charge in [-0.2, -0.15) is 0 Å². The number of anilines is 1. The standard InChI is InChI=1S/C21H30N2O2/c1-2-3-8-25-19-6-4-18(5-7-19)22-21(24)23-20-16-10-14-9-15(12-16)13-17(20)11-14/h4-7,14-17,20H,2-3,8-13H2,1H3,(H2,22,23,24). The highest BCUT2D eigenvalue weighted by molar-refractivity contribution is 5.89. The van der Waals surface area contributed by atoms with Crippen LogP contribution in [-0.2, 0) is 0 Å². The number of hydrogen-bond donors (Lipinski definition) is 2. The van der Waals surface area contributed by atoms with Crippen LogP contribution < -0.4 is 15.4 Å². The molecule has 1 aromatic carbocycles. The molecule has 4 heteroatoms. The second-order valence-corrected chi connectivity index (χ2v) is 8.28. The van der Waals surface area contributed by atoms with Gasteiger partial charge in [0.25, 0.3) is 0 Å². The second kappa shape index (κ2) is 7.27. The number of carbonyl (C=O) groups excluding carboxylic acids is 1. The van der Waals surface area contributed by atoms with Gasteiger partial charge >= 0.3 is 6.03 Å². The van der Waals surface area contributed by atoms with Gasteiger partial charge in [-0.05, 0) is 86.5 Å². The Kier molecular flexibility index (Phi) is 4.87. The average Bonchev–Trinajstić information content (AvgIpc) is 2.59. The molecule has 136 valence electrons. The molecule has 4 saturated carbocycles. The summed E-state index contributed by atoms with van der Waals surface area (Å²) in [7, 11) is 0. The van der Waals surface area contributed by atoms with E-state index in [2.05, 4.69) is 17.6 Å². The minimum atomic E-state index is -0.0582. The first-order valence-electron chi connectivity index (χ1n) is 10.0. The third-order valence-electron chi connectivity index (χ3n) is 6.40. The number of nitrogens with one attached hydrogen (secondary N) is 2. The Morgan fingerprint density at radius 2 is 1.68 bits per heavy atom. The monoisotopic (exact) mass is 342 g/mol. The summed E-state index contributed by atoms with van der Waals surface area (Å²) in [5.74, 6) is 4.14. The molecule has 0 radical (unpaired) electrons. The maximum Gasteiger partial charge on any atom is 0.319 e. The van der Waals surface area contributed by atoms with Gasteiger partial charge in [0.1, 0.15) is 5.75 Å². The fraction of sp³-hybridized carbons (Fsp3) is 0.667. The van der Waals surface area contributed by atoms with Gasteiger partial charge in [0.15, 0.2) is 0 Å². The quantitative estimate of drug-likeness (QED) is 0.729. The summed E-state index contributed by atoms with van der Waals surface area (Å²) in [6, 6.07) is 8.00. The molecule has 2 amide bonds. The van der Waals surface area contributed by atoms with E-state index >= 15 is 0 Å². The van der Waals surface area contributed by atoms with Crippen molar-refractivity contribution in [3.8, 4) is 5.75 Å². The van der Waals surface area contributed by atoms with Crippen molar-refractivity contribution < 1.29 is 9.53 Å². The zero-order valence-corrected chi connectivity index (χ0v) is 15.2. The molecule has 2 N–H and O–H groups in total. The molecule has 0 spiro atoms. The number of urea groups is 1. The second-order valence-electron chi connectivity index (χ2n) is 8.28. The summed E-state index contributed by atoms with van der Waals surface area (Å²) < 4.78 is 5.66. The fourth-order valence-corrected chi connectivity index (χ4v) is 5.45. The van der Waals surface area contributed by atoms with Crippen molar-refractivity contribution in [1.82, 2.24) is 5.32 Å². The first-order valence-corrected chi connectivity index (χ1v) is 10.0. The van der Waals surface area contributed by atoms with E-state index in [0.29, 0.717) is 17.9 Å². The van der Waals surface area contributed by atoms with Gasteiger partial charge in [-0.15, -0.1) is 0 Å². The molecule has 4 aliphatic rings. The SMILES string of the molecule is CCCCOc1ccc(NC(=O)NC2C3CC4CC(C3)CC2C4)cc1. The molecule has 0 saturated heterocycles. The topological polar surface area (TPSA) is 50.4 Å². The first kappa shape index (κ1) is 16.7. The zero-order chi connectivity index (χ0) is 17.2. The lowest BCUT2D eigenvalue weighted by molar-refractivity contribution is -0.00883. The number of rotatable bonds is 6. The summed E-state index contributed by atoms with van der Waals surface area (Å²) in [5, 5.41) is 6.28. The zero-order valence-electron chi connectivity index (χ0n) is 15.2. The minimum Gasteiger partial charge on any atom is -0.494 e. The lowest BCUT2D eigenvalue weighted by Crippen LogP contribution is -2.56. The molecule has 0 atom stereocenters. The number of hydrogen-bond acceptors (Lipinski definition) is 2. The van der Waals surface area contributed by atoms with Gasteiger partial charge in [-0.1, -0.05) is 13.3 Å². The smallest absolute Gasteiger partial charge is 0.319 e. The van der Waals surface area contributed by atoms with Gasteiger partial charge in [-0.3, -0.25) is 0 Å². The van der Waals surface area contributed by atoms with E-state index in [0.717, 1.165) is 42.7 Å². The lowest BCUT2D eigenvalue weighted by atomic mass is 9.54. The lowest BCUT2D eigenvalue weighted by Gasteiger charge is -2.54. The van der Waals surface area contributed by atoms with Gasteiger partial charge in [-0.25, -0.2) is 4.79 Å². The summed E-state index contributed by atoms with van der Waals surface area (Å²) in [6.07, 6.45) is 8.92. The van der Waals surface area contributed by atoms with E-state index in [9.17, 15) is 4.79 Å². The number of carbonyl (C=O) groups is 1. The number of benzene rings is 1. The van der Waals surface area contributed by atoms with Crippen molar-refractivity contribution in [3.05, 3.63) is 24.3 Å². The van der Waals surface area contributed by atoms with Gasteiger partial charge in [0.05, 0.1) is 6.61 Å². The number of unbranched alkanes of at least 4 members (excludes halogenated alkanes) is 1. The van der Waals surface area contributed by atoms with Crippen LogP contribution >= 0.6 is 0 Å². The average molecular weight is 342 g/mol. The predicted molar refractivity (Wildman–Crippen MR) is 99.8 cm³/mol. The number of amides is 2. The van der Waals surface area contributed by atoms with Crippen LogP contribution in [0.3, 0.4) is 0 Å². The van der Waals surface area contributed by atoms with Crippen LogP contribution in [0.25, 0.3) is 0 Å². The van der Waals surface area contributed by atoms with Crippen LogP contribution in [0.4, 0.5) is 10.5 Å². The van der Waals surface area contributed by atoms with Crippen LogP contribution in [0.1, 0.15) is 51.9 Å². The van der Waals surface area contributed by atoms with E-state index in [1.54, 1.807) is 0 Å². The van der Waals surface area contributed by atoms with Crippen LogP contribution in [-0.4, -0.2) is 18.7 Å². The third-order valence-corrected chi connectivity index (χ3v) is 6.40. The van der Waals surface area contributed by atoms with Crippen molar-refractivity contribution in [1.29, 1.82) is 0 Å². The Morgan fingerprint density at radius 3 is 2.28 bits per heavy atom. The maximum absolute atomic E-state index is 12.4. The molecule has 4 bridgehead atoms. The Morgan fingerprint density at radius 1 is 1.04 bits per heavy atom. The fourth-order valence-electron chi connectivity index (χ4n) is 5.45. The van der Waals surface area contributed by atoms with Crippen molar-refractivity contribution in [2.75, 3.05) is 11.9 Å². The highest BCUT2D eigenvalue weighted by atomic mass is 16.5. The Hall–Kier alpha value is -1.71. The molecule has 0 aliphatic heterocycles. The summed E-state index contributed by atoms with van der Waals surface area (Å²) in [4.78, 5) is 12.4. The van der Waals surface area contributed by atoms with Crippen molar-refractivity contribution in [3.63, 3.8) is 0 Å². The predicted octanol–water partition coefficient (Wildman–Crippen LogP) is 4.81. The first-order chi connectivity index (χ1) is 12.2. The van der Waals surface area contributed by atoms with E-state index < -0.39 is 0 Å². The van der Waals surface area contributed by atoms with Gasteiger partial charge in [0, 0.05) is 11.7 Å². The normalized spacial score (nSPS) is 32.4. The Labute approximate surface area is 150 Å². The van der Waals surface area contributed by atoms with Crippen LogP contribution in [0.15, 0.2) is 24.3 Å². The molecule has 0 heterocycles. The summed E-state index contributed by atoms with van der Waals surface area (Å²) in [5.41, 5.74) is 0.823. The van der Waals surface area contributed by atoms with Crippen LogP contribution in [0.5, 0.6) is 5.75 Å². The van der Waals surface area contributed by atoms with Crippen molar-refractivity contribution in [2.45, 2.75) is 57.9 Å². The molecule has 5 rings (SSSR count). The number of ether oxygens (including phenoxy) is 1. The highest BCUT2D eigenvalue weighted by Gasteiger charge is 2.48. The van der Waals surface area contributed by atoms with Crippen molar-refractivity contribution in [2.24, 2.45) is 23.7 Å². The van der Waals surface area contributed by atoms with Crippen LogP contribution in [0.2, 0.25) is 0 Å². The molecular formula is C21H30N2O2. The molecule has 25 heavy (non-hydrogen) atoms. The summed E-state index contributed by atoms with van der Waals surface area (Å²) >= 11 is 0. The molecule has 4 nitrogen and oxygen atoms in total. The van der Waals surface area contributed by atoms with E-state index in [4.69, 9.17) is 4.74 Å². The van der Waals surface area contributed by atoms with Crippen LogP contribution in [0, 0.1) is 23.7 Å². The molecule has 4 fully saturated rings. The largest absolute Gasteiger partial charge is 0.494 e. The molecule has 4 aliphatic carbocycles.